The van der Waals surface area contributed by atoms with Crippen molar-refractivity contribution >= 4 is 16.8 Å². The van der Waals surface area contributed by atoms with Crippen molar-refractivity contribution in [2.75, 3.05) is 6.54 Å². The standard InChI is InChI=1S/C13H12N4/c14-17-16-8-2-1-4-11-5-3-6-12-7-9-15-10-13(11)12/h1,3-7,9-10H,2,8H2. The van der Waals surface area contributed by atoms with Crippen LogP contribution >= 0.6 is 0 Å². The molecule has 0 N–H and O–H groups in total. The average molecular weight is 224 g/mol. The second-order valence-electron chi connectivity index (χ2n) is 3.59. The number of azide groups is 1. The molecule has 1 aromatic heterocycles. The molecule has 0 radical (unpaired) electrons. The number of hydrogen-bond donors (Lipinski definition) is 0. The Morgan fingerprint density at radius 2 is 2.29 bits per heavy atom. The molecule has 2 rings (SSSR count). The fourth-order valence-corrected chi connectivity index (χ4v) is 1.67. The van der Waals surface area contributed by atoms with E-state index in [0.717, 1.165) is 17.4 Å². The van der Waals surface area contributed by atoms with E-state index in [2.05, 4.69) is 21.1 Å². The SMILES string of the molecule is [N-]=[N+]=NCCC=Cc1cccc2ccncc12. The summed E-state index contributed by atoms with van der Waals surface area (Å²) in [6.07, 6.45) is 8.45. The Morgan fingerprint density at radius 1 is 1.35 bits per heavy atom. The molecule has 0 saturated heterocycles. The highest BCUT2D eigenvalue weighted by Crippen LogP contribution is 2.18. The first kappa shape index (κ1) is 11.2. The molecule has 17 heavy (non-hydrogen) atoms. The van der Waals surface area contributed by atoms with Gasteiger partial charge in [-0.15, -0.1) is 0 Å². The van der Waals surface area contributed by atoms with Crippen LogP contribution in [0, 0.1) is 0 Å². The Morgan fingerprint density at radius 3 is 3.18 bits per heavy atom. The number of aromatic nitrogens is 1. The molecule has 0 spiro atoms. The van der Waals surface area contributed by atoms with E-state index in [9.17, 15) is 0 Å². The van der Waals surface area contributed by atoms with Crippen LogP contribution in [0.3, 0.4) is 0 Å². The third-order valence-electron chi connectivity index (χ3n) is 2.47. The van der Waals surface area contributed by atoms with Crippen LogP contribution in [0.1, 0.15) is 12.0 Å². The van der Waals surface area contributed by atoms with Gasteiger partial charge >= 0.3 is 0 Å². The number of benzene rings is 1. The summed E-state index contributed by atoms with van der Waals surface area (Å²) in [5, 5.41) is 5.79. The molecule has 2 aromatic rings. The van der Waals surface area contributed by atoms with Crippen molar-refractivity contribution in [1.82, 2.24) is 4.98 Å². The first-order valence-corrected chi connectivity index (χ1v) is 5.42. The number of hydrogen-bond acceptors (Lipinski definition) is 2. The lowest BCUT2D eigenvalue weighted by Crippen LogP contribution is -1.80. The van der Waals surface area contributed by atoms with Gasteiger partial charge in [0.25, 0.3) is 0 Å². The molecule has 0 aliphatic rings. The summed E-state index contributed by atoms with van der Waals surface area (Å²) in [6.45, 7) is 0.496. The van der Waals surface area contributed by atoms with E-state index in [1.807, 2.05) is 36.5 Å². The first-order valence-electron chi connectivity index (χ1n) is 5.42. The molecule has 0 unspecified atom stereocenters. The molecule has 4 nitrogen and oxygen atoms in total. The monoisotopic (exact) mass is 224 g/mol. The zero-order valence-corrected chi connectivity index (χ0v) is 9.32. The van der Waals surface area contributed by atoms with Gasteiger partial charge in [-0.25, -0.2) is 0 Å². The van der Waals surface area contributed by atoms with Crippen LogP contribution in [0.15, 0.2) is 47.8 Å². The van der Waals surface area contributed by atoms with E-state index < -0.39 is 0 Å². The molecule has 1 aromatic carbocycles. The van der Waals surface area contributed by atoms with Gasteiger partial charge in [0.15, 0.2) is 0 Å². The highest BCUT2D eigenvalue weighted by Gasteiger charge is 1.96. The van der Waals surface area contributed by atoms with Crippen molar-refractivity contribution in [1.29, 1.82) is 0 Å². The minimum Gasteiger partial charge on any atom is -0.264 e. The molecule has 0 amide bonds. The van der Waals surface area contributed by atoms with Crippen molar-refractivity contribution in [3.05, 3.63) is 58.7 Å². The molecule has 1 heterocycles. The van der Waals surface area contributed by atoms with Crippen molar-refractivity contribution in [3.8, 4) is 0 Å². The summed E-state index contributed by atoms with van der Waals surface area (Å²) in [5.74, 6) is 0. The van der Waals surface area contributed by atoms with E-state index in [4.69, 9.17) is 5.53 Å². The molecule has 0 fully saturated rings. The summed E-state index contributed by atoms with van der Waals surface area (Å²) in [4.78, 5) is 6.84. The fraction of sp³-hybridized carbons (Fsp3) is 0.154. The Bertz CT molecular complexity index is 577. The van der Waals surface area contributed by atoms with E-state index in [-0.39, 0.29) is 0 Å². The molecule has 0 aliphatic heterocycles. The van der Waals surface area contributed by atoms with Crippen molar-refractivity contribution in [2.45, 2.75) is 6.42 Å². The van der Waals surface area contributed by atoms with Crippen LogP contribution < -0.4 is 0 Å². The highest BCUT2D eigenvalue weighted by molar-refractivity contribution is 5.89. The van der Waals surface area contributed by atoms with Gasteiger partial charge in [0, 0.05) is 29.2 Å². The van der Waals surface area contributed by atoms with Crippen LogP contribution in [0.5, 0.6) is 0 Å². The maximum Gasteiger partial charge on any atom is 0.0352 e. The number of pyridine rings is 1. The maximum atomic E-state index is 8.15. The predicted molar refractivity (Wildman–Crippen MR) is 69.4 cm³/mol. The summed E-state index contributed by atoms with van der Waals surface area (Å²) < 4.78 is 0. The zero-order chi connectivity index (χ0) is 11.9. The van der Waals surface area contributed by atoms with Crippen LogP contribution in [-0.2, 0) is 0 Å². The van der Waals surface area contributed by atoms with Gasteiger partial charge < -0.3 is 0 Å². The van der Waals surface area contributed by atoms with Crippen LogP contribution in [0.25, 0.3) is 27.3 Å². The Kier molecular flexibility index (Phi) is 3.73. The molecule has 84 valence electrons. The third kappa shape index (κ3) is 2.83. The first-order chi connectivity index (χ1) is 8.42. The van der Waals surface area contributed by atoms with Gasteiger partial charge in [0.2, 0.25) is 0 Å². The molecular weight excluding hydrogens is 212 g/mol. The van der Waals surface area contributed by atoms with E-state index >= 15 is 0 Å². The van der Waals surface area contributed by atoms with Crippen molar-refractivity contribution < 1.29 is 0 Å². The highest BCUT2D eigenvalue weighted by atomic mass is 15.1. The van der Waals surface area contributed by atoms with Gasteiger partial charge in [0.1, 0.15) is 0 Å². The molecule has 0 bridgehead atoms. The van der Waals surface area contributed by atoms with Gasteiger partial charge in [-0.2, -0.15) is 0 Å². The summed E-state index contributed by atoms with van der Waals surface area (Å²) in [5.41, 5.74) is 9.29. The zero-order valence-electron chi connectivity index (χ0n) is 9.32. The summed E-state index contributed by atoms with van der Waals surface area (Å²) in [7, 11) is 0. The van der Waals surface area contributed by atoms with E-state index in [0.29, 0.717) is 6.54 Å². The van der Waals surface area contributed by atoms with Crippen LogP contribution in [0.4, 0.5) is 0 Å². The topological polar surface area (TPSA) is 61.7 Å². The molecule has 0 saturated carbocycles. The molecular formula is C13H12N4. The van der Waals surface area contributed by atoms with Gasteiger partial charge in [-0.05, 0) is 29.0 Å². The van der Waals surface area contributed by atoms with Gasteiger partial charge in [-0.3, -0.25) is 4.98 Å². The number of nitrogens with zero attached hydrogens (tertiary/aromatic N) is 4. The molecule has 0 atom stereocenters. The number of rotatable bonds is 4. The second-order valence-corrected chi connectivity index (χ2v) is 3.59. The normalized spacial score (nSPS) is 10.6. The van der Waals surface area contributed by atoms with Crippen LogP contribution in [0.2, 0.25) is 0 Å². The van der Waals surface area contributed by atoms with Crippen molar-refractivity contribution in [2.24, 2.45) is 5.11 Å². The smallest absolute Gasteiger partial charge is 0.0352 e. The van der Waals surface area contributed by atoms with Gasteiger partial charge in [0.05, 0.1) is 0 Å². The summed E-state index contributed by atoms with van der Waals surface area (Å²) in [6, 6.07) is 8.13. The minimum atomic E-state index is 0.496. The Balaban J connectivity index is 2.21. The van der Waals surface area contributed by atoms with Crippen molar-refractivity contribution in [3.63, 3.8) is 0 Å². The van der Waals surface area contributed by atoms with E-state index in [1.165, 1.54) is 5.39 Å². The molecule has 0 aliphatic carbocycles. The second kappa shape index (κ2) is 5.68. The molecule has 4 heteroatoms. The average Bonchev–Trinajstić information content (AvgIpc) is 2.39. The summed E-state index contributed by atoms with van der Waals surface area (Å²) >= 11 is 0. The lowest BCUT2D eigenvalue weighted by molar-refractivity contribution is 0.996. The maximum absolute atomic E-state index is 8.15. The lowest BCUT2D eigenvalue weighted by atomic mass is 10.1. The Hall–Kier alpha value is -2.32. The quantitative estimate of drug-likeness (QED) is 0.335. The predicted octanol–water partition coefficient (Wildman–Crippen LogP) is 3.95. The Labute approximate surface area is 99.2 Å². The minimum absolute atomic E-state index is 0.496. The third-order valence-corrected chi connectivity index (χ3v) is 2.47. The number of fused-ring (bicyclic) bond motifs is 1. The lowest BCUT2D eigenvalue weighted by Gasteiger charge is -2.00. The van der Waals surface area contributed by atoms with Crippen LogP contribution in [-0.4, -0.2) is 11.5 Å². The van der Waals surface area contributed by atoms with Gasteiger partial charge in [-0.1, -0.05) is 35.5 Å². The largest absolute Gasteiger partial charge is 0.264 e. The fourth-order valence-electron chi connectivity index (χ4n) is 1.67. The van der Waals surface area contributed by atoms with E-state index in [1.54, 1.807) is 6.20 Å².